The number of likely N-dealkylation sites (N-methyl/N-ethyl adjacent to an activating group) is 1. The Balaban J connectivity index is 1.72. The average molecular weight is 250 g/mol. The molecule has 0 radical (unpaired) electrons. The summed E-state index contributed by atoms with van der Waals surface area (Å²) in [6.07, 6.45) is 4.13. The molecule has 0 aliphatic carbocycles. The zero-order valence-electron chi connectivity index (χ0n) is 11.9. The summed E-state index contributed by atoms with van der Waals surface area (Å²) in [6.45, 7) is 8.92. The van der Waals surface area contributed by atoms with Crippen LogP contribution in [0.3, 0.4) is 0 Å². The van der Waals surface area contributed by atoms with Crippen LogP contribution in [-0.4, -0.2) is 52.7 Å². The van der Waals surface area contributed by atoms with Crippen LogP contribution < -0.4 is 0 Å². The largest absolute Gasteiger partial charge is 0.299 e. The number of likely N-dealkylation sites (tertiary alicyclic amines) is 1. The van der Waals surface area contributed by atoms with Crippen LogP contribution in [0.4, 0.5) is 0 Å². The van der Waals surface area contributed by atoms with Gasteiger partial charge in [0.15, 0.2) is 0 Å². The van der Waals surface area contributed by atoms with E-state index in [4.69, 9.17) is 0 Å². The summed E-state index contributed by atoms with van der Waals surface area (Å²) in [7, 11) is 2.18. The molecule has 1 aromatic heterocycles. The molecule has 1 atom stereocenters. The number of aromatic amines is 1. The van der Waals surface area contributed by atoms with E-state index in [1.54, 1.807) is 0 Å². The molecule has 0 aromatic carbocycles. The molecule has 1 aliphatic heterocycles. The second-order valence-electron chi connectivity index (χ2n) is 5.66. The fourth-order valence-corrected chi connectivity index (χ4v) is 2.70. The van der Waals surface area contributed by atoms with E-state index in [1.807, 2.05) is 6.92 Å². The van der Waals surface area contributed by atoms with Gasteiger partial charge < -0.3 is 0 Å². The lowest BCUT2D eigenvalue weighted by Crippen LogP contribution is -2.41. The molecule has 1 N–H and O–H groups in total. The number of aromatic nitrogens is 2. The number of piperidine rings is 1. The van der Waals surface area contributed by atoms with Gasteiger partial charge in [-0.2, -0.15) is 5.10 Å². The molecule has 102 valence electrons. The van der Waals surface area contributed by atoms with Gasteiger partial charge in [0.05, 0.1) is 5.69 Å². The Morgan fingerprint density at radius 1 is 1.50 bits per heavy atom. The molecule has 1 fully saturated rings. The monoisotopic (exact) mass is 250 g/mol. The van der Waals surface area contributed by atoms with Crippen LogP contribution in [0.25, 0.3) is 0 Å². The zero-order valence-corrected chi connectivity index (χ0v) is 11.9. The normalized spacial score (nSPS) is 21.7. The summed E-state index contributed by atoms with van der Waals surface area (Å²) in [5, 5.41) is 7.28. The van der Waals surface area contributed by atoms with Crippen LogP contribution in [-0.2, 0) is 6.54 Å². The molecular weight excluding hydrogens is 224 g/mol. The van der Waals surface area contributed by atoms with E-state index in [0.29, 0.717) is 0 Å². The van der Waals surface area contributed by atoms with Gasteiger partial charge in [-0.1, -0.05) is 6.42 Å². The molecule has 1 unspecified atom stereocenters. The molecule has 0 saturated carbocycles. The molecule has 0 amide bonds. The number of rotatable bonds is 5. The van der Waals surface area contributed by atoms with Gasteiger partial charge in [0, 0.05) is 31.4 Å². The Kier molecular flexibility index (Phi) is 4.78. The Hall–Kier alpha value is -0.870. The molecule has 0 bridgehead atoms. The van der Waals surface area contributed by atoms with Gasteiger partial charge >= 0.3 is 0 Å². The van der Waals surface area contributed by atoms with Crippen molar-refractivity contribution in [3.05, 3.63) is 17.5 Å². The first kappa shape index (κ1) is 13.6. The molecule has 2 heterocycles. The summed E-state index contributed by atoms with van der Waals surface area (Å²) < 4.78 is 0. The number of aryl methyl sites for hydroxylation is 1. The molecule has 1 aliphatic rings. The number of hydrogen-bond donors (Lipinski definition) is 1. The molecule has 18 heavy (non-hydrogen) atoms. The standard InChI is InChI=1S/C14H26N4/c1-12-10-14(16-15-12)11-17(3)8-9-18-7-5-4-6-13(18)2/h10,13H,4-9,11H2,1-3H3,(H,15,16). The van der Waals surface area contributed by atoms with Gasteiger partial charge in [0.2, 0.25) is 0 Å². The number of nitrogens with one attached hydrogen (secondary N) is 1. The summed E-state index contributed by atoms with van der Waals surface area (Å²) >= 11 is 0. The number of nitrogens with zero attached hydrogens (tertiary/aromatic N) is 3. The number of hydrogen-bond acceptors (Lipinski definition) is 3. The lowest BCUT2D eigenvalue weighted by Gasteiger charge is -2.34. The van der Waals surface area contributed by atoms with Gasteiger partial charge in [-0.25, -0.2) is 0 Å². The van der Waals surface area contributed by atoms with E-state index in [0.717, 1.165) is 30.5 Å². The first-order valence-corrected chi connectivity index (χ1v) is 7.08. The van der Waals surface area contributed by atoms with Crippen molar-refractivity contribution in [2.45, 2.75) is 45.7 Å². The lowest BCUT2D eigenvalue weighted by atomic mass is 10.0. The van der Waals surface area contributed by atoms with Crippen molar-refractivity contribution in [3.63, 3.8) is 0 Å². The summed E-state index contributed by atoms with van der Waals surface area (Å²) in [5.41, 5.74) is 2.28. The Morgan fingerprint density at radius 3 is 3.00 bits per heavy atom. The van der Waals surface area contributed by atoms with Crippen molar-refractivity contribution >= 4 is 0 Å². The minimum atomic E-state index is 0.764. The summed E-state index contributed by atoms with van der Waals surface area (Å²) in [4.78, 5) is 4.98. The van der Waals surface area contributed by atoms with E-state index in [-0.39, 0.29) is 0 Å². The quantitative estimate of drug-likeness (QED) is 0.868. The highest BCUT2D eigenvalue weighted by Crippen LogP contribution is 2.15. The third kappa shape index (κ3) is 3.82. The lowest BCUT2D eigenvalue weighted by molar-refractivity contribution is 0.140. The van der Waals surface area contributed by atoms with Gasteiger partial charge in [-0.05, 0) is 46.3 Å². The average Bonchev–Trinajstić information content (AvgIpc) is 2.74. The maximum Gasteiger partial charge on any atom is 0.0764 e. The van der Waals surface area contributed by atoms with Gasteiger partial charge in [0.25, 0.3) is 0 Å². The van der Waals surface area contributed by atoms with Crippen LogP contribution in [0.5, 0.6) is 0 Å². The minimum Gasteiger partial charge on any atom is -0.299 e. The topological polar surface area (TPSA) is 35.2 Å². The first-order valence-electron chi connectivity index (χ1n) is 7.08. The van der Waals surface area contributed by atoms with E-state index >= 15 is 0 Å². The molecule has 4 nitrogen and oxygen atoms in total. The minimum absolute atomic E-state index is 0.764. The maximum absolute atomic E-state index is 4.29. The molecular formula is C14H26N4. The highest BCUT2D eigenvalue weighted by Gasteiger charge is 2.18. The van der Waals surface area contributed by atoms with Crippen LogP contribution in [0.1, 0.15) is 37.6 Å². The highest BCUT2D eigenvalue weighted by molar-refractivity contribution is 5.06. The Labute approximate surface area is 110 Å². The number of H-pyrrole nitrogens is 1. The van der Waals surface area contributed by atoms with Gasteiger partial charge in [0.1, 0.15) is 0 Å². The maximum atomic E-state index is 4.29. The molecule has 4 heteroatoms. The van der Waals surface area contributed by atoms with E-state index in [9.17, 15) is 0 Å². The van der Waals surface area contributed by atoms with Crippen molar-refractivity contribution in [3.8, 4) is 0 Å². The predicted octanol–water partition coefficient (Wildman–Crippen LogP) is 2.02. The molecule has 2 rings (SSSR count). The van der Waals surface area contributed by atoms with Crippen molar-refractivity contribution in [2.75, 3.05) is 26.7 Å². The van der Waals surface area contributed by atoms with E-state index in [2.05, 4.69) is 40.0 Å². The Bertz CT molecular complexity index is 360. The van der Waals surface area contributed by atoms with Crippen LogP contribution in [0, 0.1) is 6.92 Å². The van der Waals surface area contributed by atoms with Gasteiger partial charge in [-0.15, -0.1) is 0 Å². The van der Waals surface area contributed by atoms with Crippen molar-refractivity contribution < 1.29 is 0 Å². The van der Waals surface area contributed by atoms with Crippen LogP contribution in [0.15, 0.2) is 6.07 Å². The van der Waals surface area contributed by atoms with Crippen molar-refractivity contribution in [2.24, 2.45) is 0 Å². The molecule has 1 aromatic rings. The van der Waals surface area contributed by atoms with Crippen LogP contribution >= 0.6 is 0 Å². The zero-order chi connectivity index (χ0) is 13.0. The third-order valence-corrected chi connectivity index (χ3v) is 3.90. The van der Waals surface area contributed by atoms with Crippen molar-refractivity contribution in [1.29, 1.82) is 0 Å². The van der Waals surface area contributed by atoms with E-state index < -0.39 is 0 Å². The predicted molar refractivity (Wildman–Crippen MR) is 74.5 cm³/mol. The Morgan fingerprint density at radius 2 is 2.33 bits per heavy atom. The third-order valence-electron chi connectivity index (χ3n) is 3.90. The van der Waals surface area contributed by atoms with E-state index in [1.165, 1.54) is 32.4 Å². The fraction of sp³-hybridized carbons (Fsp3) is 0.786. The van der Waals surface area contributed by atoms with Gasteiger partial charge in [-0.3, -0.25) is 14.9 Å². The molecule has 1 saturated heterocycles. The summed E-state index contributed by atoms with van der Waals surface area (Å²) in [6, 6.07) is 2.89. The fourth-order valence-electron chi connectivity index (χ4n) is 2.70. The summed E-state index contributed by atoms with van der Waals surface area (Å²) in [5.74, 6) is 0. The SMILES string of the molecule is Cc1cc(CN(C)CCN2CCCCC2C)n[nH]1. The second-order valence-corrected chi connectivity index (χ2v) is 5.66. The smallest absolute Gasteiger partial charge is 0.0764 e. The first-order chi connectivity index (χ1) is 8.65. The second kappa shape index (κ2) is 6.34. The van der Waals surface area contributed by atoms with Crippen molar-refractivity contribution in [1.82, 2.24) is 20.0 Å². The van der Waals surface area contributed by atoms with Crippen LogP contribution in [0.2, 0.25) is 0 Å². The highest BCUT2D eigenvalue weighted by atomic mass is 15.2. The molecule has 0 spiro atoms.